The zero-order chi connectivity index (χ0) is 18.4. The Bertz CT molecular complexity index is 741. The zero-order valence-corrected chi connectivity index (χ0v) is 14.6. The van der Waals surface area contributed by atoms with Crippen LogP contribution >= 0.6 is 0 Å². The highest BCUT2D eigenvalue weighted by Gasteiger charge is 2.27. The number of primary amides is 1. The maximum Gasteiger partial charge on any atom is 0.316 e. The Balaban J connectivity index is 1.72. The number of hydrogen-bond acceptors (Lipinski definition) is 3. The van der Waals surface area contributed by atoms with Gasteiger partial charge in [-0.25, -0.2) is 4.79 Å². The van der Waals surface area contributed by atoms with Crippen molar-refractivity contribution in [2.75, 3.05) is 25.1 Å². The summed E-state index contributed by atoms with van der Waals surface area (Å²) in [4.78, 5) is 25.9. The molecule has 2 aromatic rings. The van der Waals surface area contributed by atoms with Crippen molar-refractivity contribution in [3.63, 3.8) is 0 Å². The first-order valence-corrected chi connectivity index (χ1v) is 8.72. The summed E-state index contributed by atoms with van der Waals surface area (Å²) < 4.78 is 5.48. The summed E-state index contributed by atoms with van der Waals surface area (Å²) in [5, 5.41) is 2.50. The molecule has 0 saturated carbocycles. The van der Waals surface area contributed by atoms with Crippen molar-refractivity contribution in [1.82, 2.24) is 4.90 Å². The molecular formula is C20H23N3O3. The van der Waals surface area contributed by atoms with Crippen LogP contribution in [0.5, 0.6) is 0 Å². The molecule has 1 aliphatic heterocycles. The van der Waals surface area contributed by atoms with Crippen molar-refractivity contribution >= 4 is 17.6 Å². The van der Waals surface area contributed by atoms with Gasteiger partial charge in [0.05, 0.1) is 12.6 Å². The first-order valence-electron chi connectivity index (χ1n) is 8.72. The number of nitrogens with one attached hydrogen (secondary N) is 1. The molecule has 6 nitrogen and oxygen atoms in total. The second-order valence-electron chi connectivity index (χ2n) is 6.32. The van der Waals surface area contributed by atoms with E-state index < -0.39 is 6.03 Å². The lowest BCUT2D eigenvalue weighted by Crippen LogP contribution is -2.42. The van der Waals surface area contributed by atoms with Gasteiger partial charge in [0, 0.05) is 24.4 Å². The first kappa shape index (κ1) is 17.9. The van der Waals surface area contributed by atoms with E-state index in [4.69, 9.17) is 10.5 Å². The van der Waals surface area contributed by atoms with E-state index in [1.165, 1.54) is 5.56 Å². The molecule has 1 aliphatic rings. The molecule has 3 amide bonds. The predicted molar refractivity (Wildman–Crippen MR) is 100 cm³/mol. The minimum Gasteiger partial charge on any atom is -0.379 e. The van der Waals surface area contributed by atoms with Crippen LogP contribution in [0.4, 0.5) is 10.5 Å². The highest BCUT2D eigenvalue weighted by atomic mass is 16.5. The number of urea groups is 1. The van der Waals surface area contributed by atoms with Crippen LogP contribution in [0.25, 0.3) is 0 Å². The van der Waals surface area contributed by atoms with Crippen LogP contribution < -0.4 is 11.1 Å². The van der Waals surface area contributed by atoms with Crippen molar-refractivity contribution in [2.24, 2.45) is 5.73 Å². The third-order valence-corrected chi connectivity index (χ3v) is 4.49. The summed E-state index contributed by atoms with van der Waals surface area (Å²) in [5.41, 5.74) is 7.46. The molecule has 0 spiro atoms. The minimum absolute atomic E-state index is 0.0259. The van der Waals surface area contributed by atoms with E-state index in [9.17, 15) is 9.59 Å². The number of carbonyl (C=O) groups excluding carboxylic acids is 2. The smallest absolute Gasteiger partial charge is 0.316 e. The van der Waals surface area contributed by atoms with E-state index in [2.05, 4.69) is 17.4 Å². The number of anilines is 1. The third-order valence-electron chi connectivity index (χ3n) is 4.49. The summed E-state index contributed by atoms with van der Waals surface area (Å²) in [6, 6.07) is 16.4. The molecule has 26 heavy (non-hydrogen) atoms. The van der Waals surface area contributed by atoms with Crippen LogP contribution in [0.3, 0.4) is 0 Å². The molecule has 0 unspecified atom stereocenters. The third kappa shape index (κ3) is 4.61. The molecule has 1 fully saturated rings. The Morgan fingerprint density at radius 2 is 1.85 bits per heavy atom. The second-order valence-corrected chi connectivity index (χ2v) is 6.32. The number of nitrogens with zero attached hydrogens (tertiary/aromatic N) is 1. The second kappa shape index (κ2) is 8.49. The van der Waals surface area contributed by atoms with Gasteiger partial charge in [-0.05, 0) is 42.7 Å². The number of amides is 3. The fourth-order valence-corrected chi connectivity index (χ4v) is 3.12. The Hall–Kier alpha value is -2.86. The van der Waals surface area contributed by atoms with E-state index in [1.807, 2.05) is 23.1 Å². The van der Waals surface area contributed by atoms with Gasteiger partial charge in [-0.3, -0.25) is 4.79 Å². The van der Waals surface area contributed by atoms with Crippen molar-refractivity contribution in [1.29, 1.82) is 0 Å². The molecule has 1 heterocycles. The van der Waals surface area contributed by atoms with Crippen LogP contribution in [-0.2, 0) is 11.2 Å². The van der Waals surface area contributed by atoms with Crippen LogP contribution in [0.1, 0.15) is 22.3 Å². The van der Waals surface area contributed by atoms with E-state index in [1.54, 1.807) is 24.3 Å². The normalized spacial score (nSPS) is 16.2. The van der Waals surface area contributed by atoms with Crippen molar-refractivity contribution in [2.45, 2.75) is 18.9 Å². The van der Waals surface area contributed by atoms with Gasteiger partial charge in [-0.1, -0.05) is 30.3 Å². The average molecular weight is 353 g/mol. The molecule has 3 rings (SSSR count). The van der Waals surface area contributed by atoms with Gasteiger partial charge in [-0.2, -0.15) is 0 Å². The average Bonchev–Trinajstić information content (AvgIpc) is 3.17. The summed E-state index contributed by atoms with van der Waals surface area (Å²) in [6.45, 7) is 1.89. The maximum atomic E-state index is 13.0. The van der Waals surface area contributed by atoms with Gasteiger partial charge in [0.25, 0.3) is 5.91 Å². The zero-order valence-electron chi connectivity index (χ0n) is 14.6. The van der Waals surface area contributed by atoms with Gasteiger partial charge in [-0.15, -0.1) is 0 Å². The summed E-state index contributed by atoms with van der Waals surface area (Å²) in [7, 11) is 0. The molecule has 2 aromatic carbocycles. The summed E-state index contributed by atoms with van der Waals surface area (Å²) >= 11 is 0. The minimum atomic E-state index is -0.628. The Morgan fingerprint density at radius 1 is 1.12 bits per heavy atom. The number of benzene rings is 2. The fourth-order valence-electron chi connectivity index (χ4n) is 3.12. The van der Waals surface area contributed by atoms with Gasteiger partial charge in [0.15, 0.2) is 0 Å². The van der Waals surface area contributed by atoms with E-state index >= 15 is 0 Å². The largest absolute Gasteiger partial charge is 0.379 e. The van der Waals surface area contributed by atoms with Crippen LogP contribution in [0.2, 0.25) is 0 Å². The summed E-state index contributed by atoms with van der Waals surface area (Å²) in [6.07, 6.45) is 1.65. The Labute approximate surface area is 152 Å². The van der Waals surface area contributed by atoms with Gasteiger partial charge >= 0.3 is 6.03 Å². The van der Waals surface area contributed by atoms with Crippen molar-refractivity contribution in [3.05, 3.63) is 65.7 Å². The monoisotopic (exact) mass is 353 g/mol. The van der Waals surface area contributed by atoms with Crippen molar-refractivity contribution < 1.29 is 14.3 Å². The lowest BCUT2D eigenvalue weighted by atomic mass is 10.1. The number of rotatable bonds is 6. The first-order chi connectivity index (χ1) is 12.6. The number of nitrogens with two attached hydrogens (primary N) is 1. The van der Waals surface area contributed by atoms with Crippen LogP contribution in [0.15, 0.2) is 54.6 Å². The quantitative estimate of drug-likeness (QED) is 0.837. The molecule has 3 N–H and O–H groups in total. The number of ether oxygens (including phenoxy) is 1. The molecule has 0 radical (unpaired) electrons. The SMILES string of the molecule is NC(=O)Nc1ccc(C(=O)N(CCc2ccccc2)[C@H]2CCOC2)cc1. The lowest BCUT2D eigenvalue weighted by Gasteiger charge is -2.28. The Kier molecular flexibility index (Phi) is 5.86. The van der Waals surface area contributed by atoms with Crippen LogP contribution in [0, 0.1) is 0 Å². The number of carbonyl (C=O) groups is 2. The highest BCUT2D eigenvalue weighted by molar-refractivity contribution is 5.95. The highest BCUT2D eigenvalue weighted by Crippen LogP contribution is 2.18. The summed E-state index contributed by atoms with van der Waals surface area (Å²) in [5.74, 6) is -0.0259. The number of hydrogen-bond donors (Lipinski definition) is 2. The maximum absolute atomic E-state index is 13.0. The molecule has 0 aliphatic carbocycles. The standard InChI is InChI=1S/C20H23N3O3/c21-20(25)22-17-8-6-16(7-9-17)19(24)23(18-11-13-26-14-18)12-10-15-4-2-1-3-5-15/h1-9,18H,10-14H2,(H3,21,22,25)/t18-/m0/s1. The predicted octanol–water partition coefficient (Wildman–Crippen LogP) is 2.65. The lowest BCUT2D eigenvalue weighted by molar-refractivity contribution is 0.0656. The topological polar surface area (TPSA) is 84.7 Å². The molecule has 1 atom stereocenters. The molecule has 6 heteroatoms. The molecule has 0 bridgehead atoms. The van der Waals surface area contributed by atoms with Crippen LogP contribution in [-0.4, -0.2) is 42.6 Å². The molecule has 136 valence electrons. The molecular weight excluding hydrogens is 330 g/mol. The van der Waals surface area contributed by atoms with E-state index in [0.29, 0.717) is 31.0 Å². The molecule has 1 saturated heterocycles. The van der Waals surface area contributed by atoms with Crippen molar-refractivity contribution in [3.8, 4) is 0 Å². The van der Waals surface area contributed by atoms with E-state index in [0.717, 1.165) is 12.8 Å². The van der Waals surface area contributed by atoms with Gasteiger partial charge in [0.1, 0.15) is 0 Å². The molecule has 0 aromatic heterocycles. The van der Waals surface area contributed by atoms with E-state index in [-0.39, 0.29) is 11.9 Å². The fraction of sp³-hybridized carbons (Fsp3) is 0.300. The van der Waals surface area contributed by atoms with Gasteiger partial charge in [0.2, 0.25) is 0 Å². The Morgan fingerprint density at radius 3 is 2.46 bits per heavy atom. The van der Waals surface area contributed by atoms with Gasteiger partial charge < -0.3 is 20.7 Å².